The molecule has 5 nitrogen and oxygen atoms in total. The quantitative estimate of drug-likeness (QED) is 0.657. The Hall–Kier alpha value is -2.50. The van der Waals surface area contributed by atoms with E-state index in [4.69, 9.17) is 14.9 Å². The van der Waals surface area contributed by atoms with E-state index in [9.17, 15) is 4.79 Å². The summed E-state index contributed by atoms with van der Waals surface area (Å²) in [5.41, 5.74) is 5.66. The minimum Gasteiger partial charge on any atom is -0.486 e. The van der Waals surface area contributed by atoms with Gasteiger partial charge >= 0.3 is 0 Å². The molecule has 26 heavy (non-hydrogen) atoms. The summed E-state index contributed by atoms with van der Waals surface area (Å²) >= 11 is 0. The van der Waals surface area contributed by atoms with Crippen molar-refractivity contribution in [2.45, 2.75) is 26.0 Å². The van der Waals surface area contributed by atoms with Crippen LogP contribution in [0.1, 0.15) is 29.7 Å². The van der Waals surface area contributed by atoms with Gasteiger partial charge in [0.15, 0.2) is 5.76 Å². The van der Waals surface area contributed by atoms with E-state index < -0.39 is 0 Å². The molecule has 138 valence electrons. The lowest BCUT2D eigenvalue weighted by atomic mass is 10.1. The fraction of sp³-hybridized carbons (Fsp3) is 0.250. The second-order valence-corrected chi connectivity index (χ2v) is 6.09. The van der Waals surface area contributed by atoms with Crippen LogP contribution in [0.4, 0.5) is 0 Å². The molecule has 0 spiro atoms. The molecule has 1 amide bonds. The lowest BCUT2D eigenvalue weighted by molar-refractivity contribution is 0.0921. The highest BCUT2D eigenvalue weighted by atomic mass is 35.5. The Labute approximate surface area is 158 Å². The van der Waals surface area contributed by atoms with Crippen LogP contribution in [0.3, 0.4) is 0 Å². The highest BCUT2D eigenvalue weighted by Crippen LogP contribution is 2.21. The molecule has 0 radical (unpaired) electrons. The van der Waals surface area contributed by atoms with Crippen molar-refractivity contribution in [2.75, 3.05) is 6.54 Å². The SMILES string of the molecule is CC(N)CCNC(=O)c1ccc(COc2ccc3ccccc3c2)o1.Cl. The number of hydrogen-bond acceptors (Lipinski definition) is 4. The third-order valence-electron chi connectivity index (χ3n) is 3.87. The Balaban J connectivity index is 0.00000243. The zero-order valence-corrected chi connectivity index (χ0v) is 15.4. The van der Waals surface area contributed by atoms with Gasteiger partial charge in [0.05, 0.1) is 0 Å². The molecule has 1 unspecified atom stereocenters. The summed E-state index contributed by atoms with van der Waals surface area (Å²) in [6.45, 7) is 2.70. The van der Waals surface area contributed by atoms with Crippen LogP contribution in [-0.4, -0.2) is 18.5 Å². The van der Waals surface area contributed by atoms with Crippen LogP contribution in [0.25, 0.3) is 10.8 Å². The topological polar surface area (TPSA) is 77.5 Å². The van der Waals surface area contributed by atoms with Gasteiger partial charge in [-0.3, -0.25) is 4.79 Å². The molecule has 1 heterocycles. The van der Waals surface area contributed by atoms with Gasteiger partial charge in [-0.25, -0.2) is 0 Å². The van der Waals surface area contributed by atoms with Gasteiger partial charge in [-0.05, 0) is 48.4 Å². The van der Waals surface area contributed by atoms with Gasteiger partial charge in [-0.1, -0.05) is 30.3 Å². The van der Waals surface area contributed by atoms with Crippen molar-refractivity contribution in [3.05, 3.63) is 66.1 Å². The van der Waals surface area contributed by atoms with E-state index in [1.54, 1.807) is 12.1 Å². The standard InChI is InChI=1S/C20H22N2O3.ClH/c1-14(21)10-11-22-20(23)19-9-8-18(25-19)13-24-17-7-6-15-4-2-3-5-16(15)12-17;/h2-9,12,14H,10-11,13,21H2,1H3,(H,22,23);1H. The van der Waals surface area contributed by atoms with Crippen LogP contribution in [0.15, 0.2) is 59.0 Å². The summed E-state index contributed by atoms with van der Waals surface area (Å²) < 4.78 is 11.3. The number of rotatable bonds is 7. The molecule has 0 aliphatic carbocycles. The predicted octanol–water partition coefficient (Wildman–Crippen LogP) is 3.90. The molecule has 0 bridgehead atoms. The summed E-state index contributed by atoms with van der Waals surface area (Å²) in [4.78, 5) is 12.0. The average Bonchev–Trinajstić information content (AvgIpc) is 3.08. The summed E-state index contributed by atoms with van der Waals surface area (Å²) in [6, 6.07) is 17.5. The van der Waals surface area contributed by atoms with Gasteiger partial charge in [0.1, 0.15) is 18.1 Å². The number of nitrogens with two attached hydrogens (primary N) is 1. The number of amides is 1. The lowest BCUT2D eigenvalue weighted by Gasteiger charge is -2.06. The molecule has 0 saturated carbocycles. The predicted molar refractivity (Wildman–Crippen MR) is 105 cm³/mol. The number of carbonyl (C=O) groups excluding carboxylic acids is 1. The fourth-order valence-corrected chi connectivity index (χ4v) is 2.49. The first-order valence-electron chi connectivity index (χ1n) is 8.36. The van der Waals surface area contributed by atoms with Crippen LogP contribution < -0.4 is 15.8 Å². The second kappa shape index (κ2) is 9.27. The van der Waals surface area contributed by atoms with Crippen LogP contribution in [0.5, 0.6) is 5.75 Å². The molecule has 1 atom stereocenters. The normalized spacial score (nSPS) is 11.6. The van der Waals surface area contributed by atoms with E-state index in [0.29, 0.717) is 12.3 Å². The molecule has 0 aliphatic heterocycles. The van der Waals surface area contributed by atoms with Crippen molar-refractivity contribution >= 4 is 29.1 Å². The van der Waals surface area contributed by atoms with Crippen LogP contribution >= 0.6 is 12.4 Å². The van der Waals surface area contributed by atoms with Crippen molar-refractivity contribution in [3.8, 4) is 5.75 Å². The number of furan rings is 1. The number of ether oxygens (including phenoxy) is 1. The molecule has 3 aromatic rings. The van der Waals surface area contributed by atoms with E-state index in [0.717, 1.165) is 17.6 Å². The molecule has 1 aromatic heterocycles. The molecule has 3 rings (SSSR count). The summed E-state index contributed by atoms with van der Waals surface area (Å²) in [5.74, 6) is 1.41. The monoisotopic (exact) mass is 374 g/mol. The number of benzene rings is 2. The number of hydrogen-bond donors (Lipinski definition) is 2. The lowest BCUT2D eigenvalue weighted by Crippen LogP contribution is -2.28. The number of nitrogens with one attached hydrogen (secondary N) is 1. The smallest absolute Gasteiger partial charge is 0.286 e. The summed E-state index contributed by atoms with van der Waals surface area (Å²) in [5, 5.41) is 5.07. The third kappa shape index (κ3) is 5.25. The van der Waals surface area contributed by atoms with Crippen molar-refractivity contribution in [2.24, 2.45) is 5.73 Å². The van der Waals surface area contributed by atoms with Crippen molar-refractivity contribution in [1.29, 1.82) is 0 Å². The average molecular weight is 375 g/mol. The van der Waals surface area contributed by atoms with Gasteiger partial charge in [-0.2, -0.15) is 0 Å². The first-order valence-corrected chi connectivity index (χ1v) is 8.36. The first-order chi connectivity index (χ1) is 12.1. The fourth-order valence-electron chi connectivity index (χ4n) is 2.49. The van der Waals surface area contributed by atoms with E-state index in [2.05, 4.69) is 11.4 Å². The summed E-state index contributed by atoms with van der Waals surface area (Å²) in [6.07, 6.45) is 0.727. The van der Waals surface area contributed by atoms with Crippen LogP contribution in [0, 0.1) is 0 Å². The van der Waals surface area contributed by atoms with Crippen LogP contribution in [-0.2, 0) is 6.61 Å². The highest BCUT2D eigenvalue weighted by molar-refractivity contribution is 5.91. The van der Waals surface area contributed by atoms with Gasteiger partial charge in [0.25, 0.3) is 5.91 Å². The van der Waals surface area contributed by atoms with E-state index in [-0.39, 0.29) is 36.7 Å². The Morgan fingerprint density at radius 3 is 2.69 bits per heavy atom. The Morgan fingerprint density at radius 1 is 1.15 bits per heavy atom. The molecular formula is C20H23ClN2O3. The molecule has 0 aliphatic rings. The number of fused-ring (bicyclic) bond motifs is 1. The van der Waals surface area contributed by atoms with Gasteiger partial charge in [0, 0.05) is 12.6 Å². The Morgan fingerprint density at radius 2 is 1.92 bits per heavy atom. The van der Waals surface area contributed by atoms with Crippen molar-refractivity contribution < 1.29 is 13.9 Å². The second-order valence-electron chi connectivity index (χ2n) is 6.09. The van der Waals surface area contributed by atoms with Crippen molar-refractivity contribution in [1.82, 2.24) is 5.32 Å². The molecule has 6 heteroatoms. The van der Waals surface area contributed by atoms with Gasteiger partial charge < -0.3 is 20.2 Å². The minimum absolute atomic E-state index is 0. The van der Waals surface area contributed by atoms with E-state index >= 15 is 0 Å². The number of carbonyl (C=O) groups is 1. The third-order valence-corrected chi connectivity index (χ3v) is 3.87. The zero-order valence-electron chi connectivity index (χ0n) is 14.6. The van der Waals surface area contributed by atoms with Gasteiger partial charge in [0.2, 0.25) is 0 Å². The molecule has 2 aromatic carbocycles. The maximum atomic E-state index is 12.0. The highest BCUT2D eigenvalue weighted by Gasteiger charge is 2.11. The largest absolute Gasteiger partial charge is 0.486 e. The zero-order chi connectivity index (χ0) is 17.6. The summed E-state index contributed by atoms with van der Waals surface area (Å²) in [7, 11) is 0. The van der Waals surface area contributed by atoms with Crippen molar-refractivity contribution in [3.63, 3.8) is 0 Å². The Bertz CT molecular complexity index is 861. The van der Waals surface area contributed by atoms with Crippen LogP contribution in [0.2, 0.25) is 0 Å². The maximum absolute atomic E-state index is 12.0. The van der Waals surface area contributed by atoms with E-state index in [1.807, 2.05) is 43.3 Å². The maximum Gasteiger partial charge on any atom is 0.286 e. The number of halogens is 1. The molecular weight excluding hydrogens is 352 g/mol. The molecule has 0 fully saturated rings. The minimum atomic E-state index is -0.238. The van der Waals surface area contributed by atoms with E-state index in [1.165, 1.54) is 5.39 Å². The molecule has 0 saturated heterocycles. The Kier molecular flexibility index (Phi) is 7.06. The first kappa shape index (κ1) is 19.8. The van der Waals surface area contributed by atoms with Gasteiger partial charge in [-0.15, -0.1) is 12.4 Å². The molecule has 3 N–H and O–H groups in total.